The van der Waals surface area contributed by atoms with Gasteiger partial charge in [-0.25, -0.2) is 4.79 Å². The molecule has 0 fully saturated rings. The van der Waals surface area contributed by atoms with Gasteiger partial charge in [-0.3, -0.25) is 4.79 Å². The van der Waals surface area contributed by atoms with Crippen molar-refractivity contribution in [2.24, 2.45) is 0 Å². The van der Waals surface area contributed by atoms with E-state index >= 15 is 0 Å². The monoisotopic (exact) mass is 176 g/mol. The third kappa shape index (κ3) is 5.52. The first-order chi connectivity index (χ1) is 5.70. The van der Waals surface area contributed by atoms with Gasteiger partial charge in [0.25, 0.3) is 0 Å². The van der Waals surface area contributed by atoms with Gasteiger partial charge in [0.15, 0.2) is 0 Å². The topological polar surface area (TPSA) is 61.8 Å². The second-order valence-corrected chi connectivity index (χ2v) is 1.88. The summed E-state index contributed by atoms with van der Waals surface area (Å²) in [5, 5.41) is 0. The summed E-state index contributed by atoms with van der Waals surface area (Å²) in [7, 11) is 1.21. The number of methoxy groups -OCH3 is 1. The van der Waals surface area contributed by atoms with Crippen molar-refractivity contribution in [1.29, 1.82) is 0 Å². The van der Waals surface area contributed by atoms with Gasteiger partial charge in [0.1, 0.15) is 13.2 Å². The van der Waals surface area contributed by atoms with Crippen molar-refractivity contribution >= 4 is 12.1 Å². The molecule has 0 saturated heterocycles. The van der Waals surface area contributed by atoms with E-state index in [4.69, 9.17) is 0 Å². The Bertz CT molecular complexity index is 136. The molecule has 0 aromatic carbocycles. The second kappa shape index (κ2) is 6.45. The number of carbonyl (C=O) groups is 2. The molecule has 0 atom stereocenters. The Morgan fingerprint density at radius 3 is 2.25 bits per heavy atom. The average Bonchev–Trinajstić information content (AvgIpc) is 2.11. The molecular weight excluding hydrogens is 164 g/mol. The minimum absolute atomic E-state index is 0.0262. The minimum Gasteiger partial charge on any atom is -0.462 e. The number of hydrogen-bond acceptors (Lipinski definition) is 5. The Labute approximate surface area is 70.6 Å². The average molecular weight is 176 g/mol. The normalized spacial score (nSPS) is 8.83. The van der Waals surface area contributed by atoms with Crippen molar-refractivity contribution in [1.82, 2.24) is 0 Å². The molecule has 0 aromatic rings. The highest BCUT2D eigenvalue weighted by Crippen LogP contribution is 1.86. The number of ether oxygens (including phenoxy) is 3. The minimum atomic E-state index is -0.775. The molecule has 0 radical (unpaired) electrons. The van der Waals surface area contributed by atoms with E-state index in [1.165, 1.54) is 7.11 Å². The van der Waals surface area contributed by atoms with Gasteiger partial charge >= 0.3 is 12.1 Å². The highest BCUT2D eigenvalue weighted by Gasteiger charge is 2.01. The van der Waals surface area contributed by atoms with Crippen LogP contribution in [0.15, 0.2) is 0 Å². The van der Waals surface area contributed by atoms with Crippen LogP contribution in [0.2, 0.25) is 0 Å². The van der Waals surface area contributed by atoms with Crippen LogP contribution < -0.4 is 0 Å². The number of hydrogen-bond donors (Lipinski definition) is 0. The van der Waals surface area contributed by atoms with Gasteiger partial charge in [-0.2, -0.15) is 0 Å². The van der Waals surface area contributed by atoms with Gasteiger partial charge in [0.2, 0.25) is 0 Å². The Morgan fingerprint density at radius 2 is 1.75 bits per heavy atom. The zero-order valence-electron chi connectivity index (χ0n) is 7.16. The fourth-order valence-corrected chi connectivity index (χ4v) is 0.441. The molecule has 0 rings (SSSR count). The third-order valence-corrected chi connectivity index (χ3v) is 1.02. The molecular formula is C7H12O5. The van der Waals surface area contributed by atoms with Crippen molar-refractivity contribution in [3.8, 4) is 0 Å². The summed E-state index contributed by atoms with van der Waals surface area (Å²) in [6.45, 7) is 1.78. The van der Waals surface area contributed by atoms with E-state index in [2.05, 4.69) is 14.2 Å². The van der Waals surface area contributed by atoms with Crippen LogP contribution in [0.1, 0.15) is 13.3 Å². The molecule has 0 N–H and O–H groups in total. The van der Waals surface area contributed by atoms with Gasteiger partial charge in [0.05, 0.1) is 7.11 Å². The summed E-state index contributed by atoms with van der Waals surface area (Å²) in [6, 6.07) is 0. The third-order valence-electron chi connectivity index (χ3n) is 1.02. The van der Waals surface area contributed by atoms with Gasteiger partial charge in [-0.05, 0) is 0 Å². The van der Waals surface area contributed by atoms with Crippen molar-refractivity contribution < 1.29 is 23.8 Å². The SMILES string of the molecule is CCC(=O)OCCOC(=O)OC. The molecule has 0 spiro atoms. The zero-order valence-corrected chi connectivity index (χ0v) is 7.16. The Hall–Kier alpha value is -1.26. The van der Waals surface area contributed by atoms with Crippen molar-refractivity contribution in [2.45, 2.75) is 13.3 Å². The maximum absolute atomic E-state index is 10.5. The molecule has 0 amide bonds. The molecule has 0 unspecified atom stereocenters. The molecule has 5 nitrogen and oxygen atoms in total. The predicted octanol–water partition coefficient (Wildman–Crippen LogP) is 0.723. The summed E-state index contributed by atoms with van der Waals surface area (Å²) in [5.74, 6) is -0.316. The predicted molar refractivity (Wildman–Crippen MR) is 39.6 cm³/mol. The van der Waals surface area contributed by atoms with Crippen LogP contribution in [0, 0.1) is 0 Å². The van der Waals surface area contributed by atoms with E-state index in [0.717, 1.165) is 0 Å². The molecule has 5 heteroatoms. The van der Waals surface area contributed by atoms with Crippen LogP contribution in [0.4, 0.5) is 4.79 Å². The molecule has 0 heterocycles. The number of carbonyl (C=O) groups excluding carboxylic acids is 2. The highest BCUT2D eigenvalue weighted by atomic mass is 16.7. The summed E-state index contributed by atoms with van der Waals surface area (Å²) in [6.07, 6.45) is -0.458. The van der Waals surface area contributed by atoms with E-state index in [1.807, 2.05) is 0 Å². The van der Waals surface area contributed by atoms with Crippen LogP contribution in [0.25, 0.3) is 0 Å². The lowest BCUT2D eigenvalue weighted by atomic mass is 10.5. The molecule has 0 aliphatic heterocycles. The number of rotatable bonds is 4. The molecule has 0 saturated carbocycles. The molecule has 0 aliphatic carbocycles. The van der Waals surface area contributed by atoms with Crippen LogP contribution in [0.3, 0.4) is 0 Å². The van der Waals surface area contributed by atoms with Crippen molar-refractivity contribution in [2.75, 3.05) is 20.3 Å². The van der Waals surface area contributed by atoms with Gasteiger partial charge < -0.3 is 14.2 Å². The molecule has 0 aromatic heterocycles. The zero-order chi connectivity index (χ0) is 9.40. The molecule has 70 valence electrons. The summed E-state index contributed by atoms with van der Waals surface area (Å²) < 4.78 is 13.2. The van der Waals surface area contributed by atoms with Crippen LogP contribution in [-0.2, 0) is 19.0 Å². The highest BCUT2D eigenvalue weighted by molar-refractivity contribution is 5.68. The standard InChI is InChI=1S/C7H12O5/c1-3-6(8)11-4-5-12-7(9)10-2/h3-5H2,1-2H3. The molecule has 12 heavy (non-hydrogen) atoms. The summed E-state index contributed by atoms with van der Waals surface area (Å²) in [5.41, 5.74) is 0. The van der Waals surface area contributed by atoms with Crippen LogP contribution in [-0.4, -0.2) is 32.4 Å². The number of esters is 1. The van der Waals surface area contributed by atoms with Gasteiger partial charge in [-0.15, -0.1) is 0 Å². The summed E-state index contributed by atoms with van der Waals surface area (Å²) >= 11 is 0. The van der Waals surface area contributed by atoms with E-state index in [-0.39, 0.29) is 19.2 Å². The van der Waals surface area contributed by atoms with Gasteiger partial charge in [-0.1, -0.05) is 6.92 Å². The smallest absolute Gasteiger partial charge is 0.462 e. The van der Waals surface area contributed by atoms with Gasteiger partial charge in [0, 0.05) is 6.42 Å². The summed E-state index contributed by atoms with van der Waals surface area (Å²) in [4.78, 5) is 20.9. The van der Waals surface area contributed by atoms with Crippen LogP contribution >= 0.6 is 0 Å². The first-order valence-electron chi connectivity index (χ1n) is 3.57. The quantitative estimate of drug-likeness (QED) is 0.466. The Kier molecular flexibility index (Phi) is 5.77. The fraction of sp³-hybridized carbons (Fsp3) is 0.714. The maximum atomic E-state index is 10.5. The molecule has 0 bridgehead atoms. The van der Waals surface area contributed by atoms with E-state index in [0.29, 0.717) is 6.42 Å². The Morgan fingerprint density at radius 1 is 1.17 bits per heavy atom. The van der Waals surface area contributed by atoms with Crippen molar-refractivity contribution in [3.63, 3.8) is 0 Å². The largest absolute Gasteiger partial charge is 0.508 e. The maximum Gasteiger partial charge on any atom is 0.508 e. The van der Waals surface area contributed by atoms with E-state index in [1.54, 1.807) is 6.92 Å². The van der Waals surface area contributed by atoms with E-state index in [9.17, 15) is 9.59 Å². The van der Waals surface area contributed by atoms with E-state index < -0.39 is 6.16 Å². The molecule has 0 aliphatic rings. The first-order valence-corrected chi connectivity index (χ1v) is 3.57. The lowest BCUT2D eigenvalue weighted by molar-refractivity contribution is -0.144. The Balaban J connectivity index is 3.21. The van der Waals surface area contributed by atoms with Crippen LogP contribution in [0.5, 0.6) is 0 Å². The second-order valence-electron chi connectivity index (χ2n) is 1.88. The lowest BCUT2D eigenvalue weighted by Gasteiger charge is -2.03. The lowest BCUT2D eigenvalue weighted by Crippen LogP contribution is -2.13. The fourth-order valence-electron chi connectivity index (χ4n) is 0.441. The van der Waals surface area contributed by atoms with Crippen molar-refractivity contribution in [3.05, 3.63) is 0 Å². The first kappa shape index (κ1) is 10.7.